The Hall–Kier alpha value is -0.640. The molecule has 0 aromatic heterocycles. The Kier molecular flexibility index (Phi) is 3.86. The Morgan fingerprint density at radius 2 is 2.36 bits per heavy atom. The van der Waals surface area contributed by atoms with Gasteiger partial charge in [-0.2, -0.15) is 13.7 Å². The molecule has 80 valence electrons. The van der Waals surface area contributed by atoms with Gasteiger partial charge >= 0.3 is 0 Å². The van der Waals surface area contributed by atoms with Crippen molar-refractivity contribution >= 4 is 10.1 Å². The molecule has 1 aliphatic heterocycles. The van der Waals surface area contributed by atoms with E-state index in [2.05, 4.69) is 6.07 Å². The fourth-order valence-corrected chi connectivity index (χ4v) is 1.99. The van der Waals surface area contributed by atoms with Gasteiger partial charge in [-0.25, -0.2) is 0 Å². The van der Waals surface area contributed by atoms with Crippen LogP contribution in [-0.4, -0.2) is 45.3 Å². The zero-order chi connectivity index (χ0) is 10.6. The third kappa shape index (κ3) is 3.62. The number of rotatable bonds is 4. The Balaban J connectivity index is 2.41. The van der Waals surface area contributed by atoms with Crippen molar-refractivity contribution in [3.05, 3.63) is 0 Å². The van der Waals surface area contributed by atoms with Crippen LogP contribution in [0.25, 0.3) is 0 Å². The van der Waals surface area contributed by atoms with Crippen LogP contribution in [-0.2, 0) is 14.3 Å². The molecular formula is C8H14N2O3S. The van der Waals surface area contributed by atoms with Gasteiger partial charge < -0.3 is 0 Å². The fraction of sp³-hybridized carbons (Fsp3) is 0.875. The van der Waals surface area contributed by atoms with Gasteiger partial charge in [-0.15, -0.1) is 0 Å². The topological polar surface area (TPSA) is 70.4 Å². The summed E-state index contributed by atoms with van der Waals surface area (Å²) in [5.74, 6) is 0. The van der Waals surface area contributed by atoms with Crippen LogP contribution in [0.2, 0.25) is 0 Å². The van der Waals surface area contributed by atoms with E-state index in [1.807, 2.05) is 4.90 Å². The molecule has 0 aliphatic carbocycles. The van der Waals surface area contributed by atoms with Gasteiger partial charge in [0.15, 0.2) is 0 Å². The minimum Gasteiger partial charge on any atom is -0.285 e. The zero-order valence-electron chi connectivity index (χ0n) is 8.14. The number of likely N-dealkylation sites (tertiary alicyclic amines) is 1. The van der Waals surface area contributed by atoms with Crippen molar-refractivity contribution in [2.24, 2.45) is 0 Å². The molecule has 14 heavy (non-hydrogen) atoms. The molecule has 1 atom stereocenters. The van der Waals surface area contributed by atoms with Crippen LogP contribution in [0.3, 0.4) is 0 Å². The first kappa shape index (κ1) is 11.4. The second-order valence-corrected chi connectivity index (χ2v) is 5.06. The summed E-state index contributed by atoms with van der Waals surface area (Å²) in [6.45, 7) is 1.36. The molecule has 1 rings (SSSR count). The van der Waals surface area contributed by atoms with Crippen LogP contribution in [0, 0.1) is 11.3 Å². The van der Waals surface area contributed by atoms with E-state index in [9.17, 15) is 8.42 Å². The van der Waals surface area contributed by atoms with E-state index in [0.717, 1.165) is 25.6 Å². The maximum Gasteiger partial charge on any atom is 0.264 e. The van der Waals surface area contributed by atoms with Crippen molar-refractivity contribution < 1.29 is 12.6 Å². The molecule has 0 radical (unpaired) electrons. The lowest BCUT2D eigenvalue weighted by atomic mass is 10.2. The second kappa shape index (κ2) is 4.73. The summed E-state index contributed by atoms with van der Waals surface area (Å²) in [4.78, 5) is 1.95. The van der Waals surface area contributed by atoms with Gasteiger partial charge in [0.2, 0.25) is 0 Å². The molecular weight excluding hydrogens is 204 g/mol. The van der Waals surface area contributed by atoms with Crippen molar-refractivity contribution in [1.29, 1.82) is 5.26 Å². The first-order valence-electron chi connectivity index (χ1n) is 4.48. The minimum atomic E-state index is -3.36. The third-order valence-corrected chi connectivity index (χ3v) is 2.81. The van der Waals surface area contributed by atoms with Crippen LogP contribution in [0.5, 0.6) is 0 Å². The maximum atomic E-state index is 10.7. The van der Waals surface area contributed by atoms with E-state index in [1.54, 1.807) is 0 Å². The van der Waals surface area contributed by atoms with E-state index >= 15 is 0 Å². The van der Waals surface area contributed by atoms with Gasteiger partial charge in [-0.05, 0) is 19.4 Å². The Morgan fingerprint density at radius 3 is 2.93 bits per heavy atom. The van der Waals surface area contributed by atoms with E-state index in [-0.39, 0.29) is 12.6 Å². The standard InChI is InChI=1S/C8H14N2O3S/c1-14(11,12)13-7-8-3-2-5-10(8)6-4-9/h8H,2-3,5-7H2,1H3/t8-/m0/s1. The average molecular weight is 218 g/mol. The molecule has 1 heterocycles. The number of hydrogen-bond donors (Lipinski definition) is 0. The highest BCUT2D eigenvalue weighted by Gasteiger charge is 2.25. The zero-order valence-corrected chi connectivity index (χ0v) is 8.96. The van der Waals surface area contributed by atoms with Gasteiger partial charge in [-0.3, -0.25) is 9.08 Å². The van der Waals surface area contributed by atoms with E-state index < -0.39 is 10.1 Å². The highest BCUT2D eigenvalue weighted by atomic mass is 32.2. The monoisotopic (exact) mass is 218 g/mol. The Bertz CT molecular complexity index is 320. The summed E-state index contributed by atoms with van der Waals surface area (Å²) in [6, 6.07) is 2.13. The molecule has 6 heteroatoms. The summed E-state index contributed by atoms with van der Waals surface area (Å²) < 4.78 is 26.2. The lowest BCUT2D eigenvalue weighted by Crippen LogP contribution is -2.34. The largest absolute Gasteiger partial charge is 0.285 e. The Morgan fingerprint density at radius 1 is 1.64 bits per heavy atom. The van der Waals surface area contributed by atoms with Gasteiger partial charge in [-0.1, -0.05) is 0 Å². The second-order valence-electron chi connectivity index (χ2n) is 3.41. The summed E-state index contributed by atoms with van der Waals surface area (Å²) in [7, 11) is -3.36. The van der Waals surface area contributed by atoms with Crippen LogP contribution in [0.15, 0.2) is 0 Å². The van der Waals surface area contributed by atoms with E-state index in [4.69, 9.17) is 9.44 Å². The SMILES string of the molecule is CS(=O)(=O)OC[C@@H]1CCCN1CC#N. The normalized spacial score (nSPS) is 23.6. The molecule has 1 fully saturated rings. The number of hydrogen-bond acceptors (Lipinski definition) is 5. The molecule has 0 bridgehead atoms. The summed E-state index contributed by atoms with van der Waals surface area (Å²) in [6.07, 6.45) is 2.94. The molecule has 1 saturated heterocycles. The maximum absolute atomic E-state index is 10.7. The van der Waals surface area contributed by atoms with Crippen molar-refractivity contribution in [3.8, 4) is 6.07 Å². The lowest BCUT2D eigenvalue weighted by molar-refractivity contribution is 0.191. The van der Waals surface area contributed by atoms with Gasteiger partial charge in [0.25, 0.3) is 10.1 Å². The lowest BCUT2D eigenvalue weighted by Gasteiger charge is -2.20. The Labute approximate surface area is 84.4 Å². The summed E-state index contributed by atoms with van der Waals surface area (Å²) in [5.41, 5.74) is 0. The molecule has 0 N–H and O–H groups in total. The van der Waals surface area contributed by atoms with Crippen LogP contribution in [0.1, 0.15) is 12.8 Å². The molecule has 0 aromatic carbocycles. The number of nitriles is 1. The van der Waals surface area contributed by atoms with Crippen LogP contribution >= 0.6 is 0 Å². The highest BCUT2D eigenvalue weighted by Crippen LogP contribution is 2.17. The van der Waals surface area contributed by atoms with Crippen molar-refractivity contribution in [2.45, 2.75) is 18.9 Å². The van der Waals surface area contributed by atoms with E-state index in [0.29, 0.717) is 6.54 Å². The first-order valence-corrected chi connectivity index (χ1v) is 6.30. The molecule has 0 aromatic rings. The average Bonchev–Trinajstić information content (AvgIpc) is 2.48. The smallest absolute Gasteiger partial charge is 0.264 e. The van der Waals surface area contributed by atoms with Crippen LogP contribution < -0.4 is 0 Å². The summed E-state index contributed by atoms with van der Waals surface area (Å²) >= 11 is 0. The molecule has 5 nitrogen and oxygen atoms in total. The quantitative estimate of drug-likeness (QED) is 0.489. The molecule has 0 unspecified atom stereocenters. The third-order valence-electron chi connectivity index (χ3n) is 2.25. The molecule has 0 amide bonds. The molecule has 1 aliphatic rings. The summed E-state index contributed by atoms with van der Waals surface area (Å²) in [5, 5.41) is 8.52. The minimum absolute atomic E-state index is 0.0735. The predicted molar refractivity (Wildman–Crippen MR) is 51.0 cm³/mol. The first-order chi connectivity index (χ1) is 6.53. The molecule has 0 spiro atoms. The van der Waals surface area contributed by atoms with Gasteiger partial charge in [0, 0.05) is 6.04 Å². The predicted octanol–water partition coefficient (Wildman–Crippen LogP) is -0.0494. The van der Waals surface area contributed by atoms with Crippen molar-refractivity contribution in [2.75, 3.05) is 26.0 Å². The highest BCUT2D eigenvalue weighted by molar-refractivity contribution is 7.85. The van der Waals surface area contributed by atoms with Crippen LogP contribution in [0.4, 0.5) is 0 Å². The van der Waals surface area contributed by atoms with E-state index in [1.165, 1.54) is 0 Å². The van der Waals surface area contributed by atoms with Gasteiger partial charge in [0.1, 0.15) is 0 Å². The van der Waals surface area contributed by atoms with Crippen molar-refractivity contribution in [1.82, 2.24) is 4.90 Å². The van der Waals surface area contributed by atoms with Gasteiger partial charge in [0.05, 0.1) is 25.5 Å². The number of nitrogens with zero attached hydrogens (tertiary/aromatic N) is 2. The molecule has 0 saturated carbocycles. The fourth-order valence-electron chi connectivity index (χ4n) is 1.59. The van der Waals surface area contributed by atoms with Crippen molar-refractivity contribution in [3.63, 3.8) is 0 Å².